The van der Waals surface area contributed by atoms with E-state index in [0.717, 1.165) is 31.4 Å². The number of amides is 2. The molecule has 2 N–H and O–H groups in total. The summed E-state index contributed by atoms with van der Waals surface area (Å²) in [5.74, 6) is 0.0492. The van der Waals surface area contributed by atoms with Gasteiger partial charge in [0.05, 0.1) is 12.1 Å². The van der Waals surface area contributed by atoms with Gasteiger partial charge >= 0.3 is 6.18 Å². The fourth-order valence-corrected chi connectivity index (χ4v) is 3.60. The summed E-state index contributed by atoms with van der Waals surface area (Å²) in [7, 11) is 0. The van der Waals surface area contributed by atoms with E-state index in [9.17, 15) is 22.8 Å². The molecule has 2 aromatic rings. The van der Waals surface area contributed by atoms with Crippen LogP contribution in [0.25, 0.3) is 0 Å². The highest BCUT2D eigenvalue weighted by Gasteiger charge is 2.30. The first-order chi connectivity index (χ1) is 15.7. The Kier molecular flexibility index (Phi) is 8.32. The third-order valence-corrected chi connectivity index (χ3v) is 5.36. The van der Waals surface area contributed by atoms with Gasteiger partial charge in [-0.25, -0.2) is 0 Å². The summed E-state index contributed by atoms with van der Waals surface area (Å²) in [5.41, 5.74) is -0.441. The Morgan fingerprint density at radius 2 is 1.73 bits per heavy atom. The number of nitrogens with one attached hydrogen (secondary N) is 2. The van der Waals surface area contributed by atoms with Gasteiger partial charge in [-0.15, -0.1) is 0 Å². The number of piperidine rings is 1. The number of alkyl halides is 3. The van der Waals surface area contributed by atoms with E-state index in [1.54, 1.807) is 18.2 Å². The van der Waals surface area contributed by atoms with Crippen LogP contribution in [0.3, 0.4) is 0 Å². The predicted molar refractivity (Wildman–Crippen MR) is 118 cm³/mol. The second-order valence-corrected chi connectivity index (χ2v) is 8.03. The van der Waals surface area contributed by atoms with E-state index in [0.29, 0.717) is 31.7 Å². The normalized spacial score (nSPS) is 15.2. The number of hydrogen-bond donors (Lipinski definition) is 2. The fraction of sp³-hybridized carbons (Fsp3) is 0.417. The molecule has 2 amide bonds. The standard InChI is InChI=1S/C24H28F3N3O3/c1-2-11-28-22(31)16-30-12-9-19(10-13-30)29-23(32)17-5-3-7-20(14-17)33-21-8-4-6-18(15-21)24(25,26)27/h3-8,14-15,19H,2,9-13,16H2,1H3,(H,28,31)(H,29,32). The van der Waals surface area contributed by atoms with Gasteiger partial charge in [-0.1, -0.05) is 19.1 Å². The molecule has 0 spiro atoms. The third kappa shape index (κ3) is 7.49. The molecule has 3 rings (SSSR count). The highest BCUT2D eigenvalue weighted by Crippen LogP contribution is 2.32. The number of ether oxygens (including phenoxy) is 1. The van der Waals surface area contributed by atoms with Crippen molar-refractivity contribution in [3.05, 3.63) is 59.7 Å². The van der Waals surface area contributed by atoms with Gasteiger partial charge in [0.25, 0.3) is 5.91 Å². The zero-order chi connectivity index (χ0) is 23.8. The first-order valence-corrected chi connectivity index (χ1v) is 11.0. The quantitative estimate of drug-likeness (QED) is 0.615. The summed E-state index contributed by atoms with van der Waals surface area (Å²) in [6.07, 6.45) is -2.11. The van der Waals surface area contributed by atoms with Crippen LogP contribution >= 0.6 is 0 Å². The molecule has 178 valence electrons. The van der Waals surface area contributed by atoms with Crippen molar-refractivity contribution < 1.29 is 27.5 Å². The van der Waals surface area contributed by atoms with E-state index in [1.807, 2.05) is 6.92 Å². The van der Waals surface area contributed by atoms with Gasteiger partial charge in [-0.05, 0) is 55.7 Å². The lowest BCUT2D eigenvalue weighted by Gasteiger charge is -2.31. The Hall–Kier alpha value is -3.07. The predicted octanol–water partition coefficient (Wildman–Crippen LogP) is 4.22. The van der Waals surface area contributed by atoms with Crippen molar-refractivity contribution in [3.63, 3.8) is 0 Å². The molecule has 9 heteroatoms. The minimum atomic E-state index is -4.46. The van der Waals surface area contributed by atoms with Crippen LogP contribution in [0.1, 0.15) is 42.1 Å². The topological polar surface area (TPSA) is 70.7 Å². The minimum Gasteiger partial charge on any atom is -0.457 e. The average molecular weight is 464 g/mol. The van der Waals surface area contributed by atoms with Crippen molar-refractivity contribution in [3.8, 4) is 11.5 Å². The third-order valence-electron chi connectivity index (χ3n) is 5.36. The maximum absolute atomic E-state index is 12.9. The Balaban J connectivity index is 1.53. The molecule has 0 aliphatic carbocycles. The SMILES string of the molecule is CCCNC(=O)CN1CCC(NC(=O)c2cccc(Oc3cccc(C(F)(F)F)c3)c2)CC1. The van der Waals surface area contributed by atoms with Crippen LogP contribution in [0.4, 0.5) is 13.2 Å². The van der Waals surface area contributed by atoms with Gasteiger partial charge in [0.1, 0.15) is 11.5 Å². The van der Waals surface area contributed by atoms with Gasteiger partial charge < -0.3 is 15.4 Å². The molecular formula is C24H28F3N3O3. The maximum Gasteiger partial charge on any atom is 0.416 e. The van der Waals surface area contributed by atoms with Crippen molar-refractivity contribution >= 4 is 11.8 Å². The first-order valence-electron chi connectivity index (χ1n) is 11.0. The molecule has 0 aromatic heterocycles. The van der Waals surface area contributed by atoms with Crippen LogP contribution in [0.15, 0.2) is 48.5 Å². The first kappa shape index (κ1) is 24.6. The van der Waals surface area contributed by atoms with E-state index in [2.05, 4.69) is 15.5 Å². The largest absolute Gasteiger partial charge is 0.457 e. The molecular weight excluding hydrogens is 435 g/mol. The number of likely N-dealkylation sites (tertiary alicyclic amines) is 1. The van der Waals surface area contributed by atoms with Crippen LogP contribution in [-0.2, 0) is 11.0 Å². The number of halogens is 3. The van der Waals surface area contributed by atoms with Gasteiger partial charge in [0, 0.05) is 31.2 Å². The molecule has 6 nitrogen and oxygen atoms in total. The van der Waals surface area contributed by atoms with Crippen LogP contribution in [0, 0.1) is 0 Å². The molecule has 2 aromatic carbocycles. The summed E-state index contributed by atoms with van der Waals surface area (Å²) in [6, 6.07) is 10.9. The van der Waals surface area contributed by atoms with E-state index in [-0.39, 0.29) is 29.4 Å². The van der Waals surface area contributed by atoms with Gasteiger partial charge in [0.2, 0.25) is 5.91 Å². The fourth-order valence-electron chi connectivity index (χ4n) is 3.60. The van der Waals surface area contributed by atoms with Crippen molar-refractivity contribution in [2.45, 2.75) is 38.4 Å². The number of nitrogens with zero attached hydrogens (tertiary/aromatic N) is 1. The molecule has 0 radical (unpaired) electrons. The monoisotopic (exact) mass is 463 g/mol. The zero-order valence-electron chi connectivity index (χ0n) is 18.5. The molecule has 0 atom stereocenters. The smallest absolute Gasteiger partial charge is 0.416 e. The average Bonchev–Trinajstić information content (AvgIpc) is 2.79. The lowest BCUT2D eigenvalue weighted by atomic mass is 10.0. The van der Waals surface area contributed by atoms with E-state index in [1.165, 1.54) is 18.2 Å². The second-order valence-electron chi connectivity index (χ2n) is 8.03. The molecule has 0 unspecified atom stereocenters. The second kappa shape index (κ2) is 11.2. The molecule has 33 heavy (non-hydrogen) atoms. The molecule has 1 aliphatic rings. The summed E-state index contributed by atoms with van der Waals surface area (Å²) in [4.78, 5) is 26.6. The van der Waals surface area contributed by atoms with Crippen molar-refractivity contribution in [2.75, 3.05) is 26.2 Å². The number of rotatable bonds is 8. The molecule has 0 saturated carbocycles. The number of carbonyl (C=O) groups is 2. The van der Waals surface area contributed by atoms with Crippen LogP contribution in [-0.4, -0.2) is 48.9 Å². The summed E-state index contributed by atoms with van der Waals surface area (Å²) < 4.78 is 44.3. The summed E-state index contributed by atoms with van der Waals surface area (Å²) in [6.45, 7) is 4.45. The van der Waals surface area contributed by atoms with E-state index >= 15 is 0 Å². The van der Waals surface area contributed by atoms with Gasteiger partial charge in [0.15, 0.2) is 0 Å². The lowest BCUT2D eigenvalue weighted by molar-refractivity contribution is -0.137. The summed E-state index contributed by atoms with van der Waals surface area (Å²) >= 11 is 0. The van der Waals surface area contributed by atoms with Crippen molar-refractivity contribution in [2.24, 2.45) is 0 Å². The Labute approximate surface area is 191 Å². The minimum absolute atomic E-state index is 0.0110. The van der Waals surface area contributed by atoms with Crippen molar-refractivity contribution in [1.82, 2.24) is 15.5 Å². The Morgan fingerprint density at radius 3 is 2.39 bits per heavy atom. The molecule has 1 heterocycles. The summed E-state index contributed by atoms with van der Waals surface area (Å²) in [5, 5.41) is 5.85. The van der Waals surface area contributed by atoms with Crippen molar-refractivity contribution in [1.29, 1.82) is 0 Å². The highest BCUT2D eigenvalue weighted by molar-refractivity contribution is 5.94. The van der Waals surface area contributed by atoms with E-state index < -0.39 is 11.7 Å². The Morgan fingerprint density at radius 1 is 1.06 bits per heavy atom. The lowest BCUT2D eigenvalue weighted by Crippen LogP contribution is -2.47. The molecule has 1 saturated heterocycles. The van der Waals surface area contributed by atoms with Gasteiger partial charge in [-0.3, -0.25) is 14.5 Å². The van der Waals surface area contributed by atoms with Crippen LogP contribution in [0.2, 0.25) is 0 Å². The number of hydrogen-bond acceptors (Lipinski definition) is 4. The van der Waals surface area contributed by atoms with Gasteiger partial charge in [-0.2, -0.15) is 13.2 Å². The maximum atomic E-state index is 12.9. The number of carbonyl (C=O) groups excluding carboxylic acids is 2. The van der Waals surface area contributed by atoms with E-state index in [4.69, 9.17) is 4.74 Å². The van der Waals surface area contributed by atoms with Crippen LogP contribution < -0.4 is 15.4 Å². The highest BCUT2D eigenvalue weighted by atomic mass is 19.4. The van der Waals surface area contributed by atoms with Crippen LogP contribution in [0.5, 0.6) is 11.5 Å². The molecule has 0 bridgehead atoms. The molecule has 1 aliphatic heterocycles. The zero-order valence-corrected chi connectivity index (χ0v) is 18.5. The molecule has 1 fully saturated rings. The Bertz CT molecular complexity index is 957. The number of benzene rings is 2.